The molecule has 2 rings (SSSR count). The second-order valence-electron chi connectivity index (χ2n) is 5.49. The average molecular weight is 236 g/mol. The Kier molecular flexibility index (Phi) is 4.05. The molecule has 0 radical (unpaired) electrons. The molecule has 0 aromatic carbocycles. The van der Waals surface area contributed by atoms with Crippen LogP contribution in [-0.2, 0) is 0 Å². The maximum atomic E-state index is 4.42. The lowest BCUT2D eigenvalue weighted by atomic mass is 10.1. The maximum absolute atomic E-state index is 4.42. The molecular formula is C13H24N4. The van der Waals surface area contributed by atoms with E-state index in [1.807, 2.05) is 6.20 Å². The maximum Gasteiger partial charge on any atom is 0.203 e. The van der Waals surface area contributed by atoms with Crippen molar-refractivity contribution in [3.63, 3.8) is 0 Å². The van der Waals surface area contributed by atoms with Crippen LogP contribution in [-0.4, -0.2) is 41.1 Å². The fourth-order valence-electron chi connectivity index (χ4n) is 2.41. The first kappa shape index (κ1) is 12.4. The quantitative estimate of drug-likeness (QED) is 0.870. The first-order valence-corrected chi connectivity index (χ1v) is 6.62. The number of hydrogen-bond donors (Lipinski definition) is 1. The van der Waals surface area contributed by atoms with E-state index in [-0.39, 0.29) is 0 Å². The molecule has 1 aliphatic heterocycles. The molecule has 0 aliphatic carbocycles. The second-order valence-corrected chi connectivity index (χ2v) is 5.49. The van der Waals surface area contributed by atoms with Gasteiger partial charge in [-0.2, -0.15) is 0 Å². The highest BCUT2D eigenvalue weighted by molar-refractivity contribution is 5.26. The summed E-state index contributed by atoms with van der Waals surface area (Å²) >= 11 is 0. The summed E-state index contributed by atoms with van der Waals surface area (Å²) in [5, 5.41) is 3.44. The molecule has 1 saturated heterocycles. The molecular weight excluding hydrogens is 212 g/mol. The minimum atomic E-state index is 0.575. The van der Waals surface area contributed by atoms with Crippen LogP contribution in [0.2, 0.25) is 0 Å². The second kappa shape index (κ2) is 5.54. The number of rotatable bonds is 4. The summed E-state index contributed by atoms with van der Waals surface area (Å²) in [5.41, 5.74) is 0. The molecule has 1 aromatic heterocycles. The van der Waals surface area contributed by atoms with E-state index in [1.54, 1.807) is 0 Å². The van der Waals surface area contributed by atoms with Crippen LogP contribution in [0, 0.1) is 5.92 Å². The van der Waals surface area contributed by atoms with E-state index in [1.165, 1.54) is 19.4 Å². The predicted molar refractivity (Wildman–Crippen MR) is 71.3 cm³/mol. The molecule has 17 heavy (non-hydrogen) atoms. The third-order valence-electron chi connectivity index (χ3n) is 3.33. The van der Waals surface area contributed by atoms with Gasteiger partial charge in [0.15, 0.2) is 0 Å². The summed E-state index contributed by atoms with van der Waals surface area (Å²) < 4.78 is 2.30. The fraction of sp³-hybridized carbons (Fsp3) is 0.769. The molecule has 0 spiro atoms. The molecule has 0 amide bonds. The molecule has 4 nitrogen and oxygen atoms in total. The Morgan fingerprint density at radius 3 is 3.06 bits per heavy atom. The van der Waals surface area contributed by atoms with Crippen molar-refractivity contribution in [2.75, 3.05) is 32.0 Å². The SMILES string of the molecule is CC(C)CNc1nccn1C1CCCN(C)C1. The van der Waals surface area contributed by atoms with Crippen molar-refractivity contribution in [3.05, 3.63) is 12.4 Å². The topological polar surface area (TPSA) is 33.1 Å². The van der Waals surface area contributed by atoms with Crippen LogP contribution in [0.5, 0.6) is 0 Å². The van der Waals surface area contributed by atoms with Crippen LogP contribution in [0.15, 0.2) is 12.4 Å². The average Bonchev–Trinajstić information content (AvgIpc) is 2.74. The van der Waals surface area contributed by atoms with Crippen molar-refractivity contribution < 1.29 is 0 Å². The van der Waals surface area contributed by atoms with Crippen LogP contribution in [0.3, 0.4) is 0 Å². The zero-order chi connectivity index (χ0) is 12.3. The summed E-state index contributed by atoms with van der Waals surface area (Å²) in [4.78, 5) is 6.82. The Balaban J connectivity index is 2.02. The van der Waals surface area contributed by atoms with E-state index >= 15 is 0 Å². The van der Waals surface area contributed by atoms with Crippen molar-refractivity contribution in [2.24, 2.45) is 5.92 Å². The van der Waals surface area contributed by atoms with Gasteiger partial charge < -0.3 is 14.8 Å². The largest absolute Gasteiger partial charge is 0.355 e. The number of aromatic nitrogens is 2. The van der Waals surface area contributed by atoms with Gasteiger partial charge in [-0.3, -0.25) is 0 Å². The van der Waals surface area contributed by atoms with E-state index in [0.717, 1.165) is 19.0 Å². The molecule has 96 valence electrons. The highest BCUT2D eigenvalue weighted by atomic mass is 15.2. The van der Waals surface area contributed by atoms with Crippen LogP contribution in [0.1, 0.15) is 32.7 Å². The van der Waals surface area contributed by atoms with Gasteiger partial charge in [0.1, 0.15) is 0 Å². The Bertz CT molecular complexity index is 345. The van der Waals surface area contributed by atoms with Crippen molar-refractivity contribution in [1.82, 2.24) is 14.5 Å². The summed E-state index contributed by atoms with van der Waals surface area (Å²) in [5.74, 6) is 1.67. The van der Waals surface area contributed by atoms with Crippen LogP contribution in [0.25, 0.3) is 0 Å². The number of likely N-dealkylation sites (tertiary alicyclic amines) is 1. The van der Waals surface area contributed by atoms with Crippen molar-refractivity contribution in [3.8, 4) is 0 Å². The van der Waals surface area contributed by atoms with Gasteiger partial charge in [0.25, 0.3) is 0 Å². The third-order valence-corrected chi connectivity index (χ3v) is 3.33. The van der Waals surface area contributed by atoms with Gasteiger partial charge in [-0.05, 0) is 32.4 Å². The standard InChI is InChI=1S/C13H24N4/c1-11(2)9-15-13-14-6-8-17(13)12-5-4-7-16(3)10-12/h6,8,11-12H,4-5,7,9-10H2,1-3H3,(H,14,15). The van der Waals surface area contributed by atoms with Gasteiger partial charge in [0.05, 0.1) is 0 Å². The smallest absolute Gasteiger partial charge is 0.203 e. The zero-order valence-corrected chi connectivity index (χ0v) is 11.2. The normalized spacial score (nSPS) is 22.0. The summed E-state index contributed by atoms with van der Waals surface area (Å²) in [6.07, 6.45) is 6.55. The van der Waals surface area contributed by atoms with E-state index < -0.39 is 0 Å². The molecule has 1 aromatic rings. The number of imidazole rings is 1. The molecule has 2 heterocycles. The monoisotopic (exact) mass is 236 g/mol. The number of anilines is 1. The summed E-state index contributed by atoms with van der Waals surface area (Å²) in [6, 6.07) is 0.575. The first-order chi connectivity index (χ1) is 8.16. The van der Waals surface area contributed by atoms with E-state index in [0.29, 0.717) is 12.0 Å². The fourth-order valence-corrected chi connectivity index (χ4v) is 2.41. The molecule has 1 aliphatic rings. The molecule has 1 atom stereocenters. The van der Waals surface area contributed by atoms with Crippen LogP contribution in [0.4, 0.5) is 5.95 Å². The molecule has 0 saturated carbocycles. The van der Waals surface area contributed by atoms with Crippen molar-refractivity contribution in [2.45, 2.75) is 32.7 Å². The first-order valence-electron chi connectivity index (χ1n) is 6.62. The molecule has 1 fully saturated rings. The summed E-state index contributed by atoms with van der Waals surface area (Å²) in [7, 11) is 2.20. The van der Waals surface area contributed by atoms with Gasteiger partial charge >= 0.3 is 0 Å². The minimum absolute atomic E-state index is 0.575. The van der Waals surface area contributed by atoms with Gasteiger partial charge in [-0.25, -0.2) is 4.98 Å². The highest BCUT2D eigenvalue weighted by Gasteiger charge is 2.20. The molecule has 0 bridgehead atoms. The predicted octanol–water partition coefficient (Wildman–Crippen LogP) is 2.22. The zero-order valence-electron chi connectivity index (χ0n) is 11.2. The van der Waals surface area contributed by atoms with Crippen molar-refractivity contribution in [1.29, 1.82) is 0 Å². The summed E-state index contributed by atoms with van der Waals surface area (Å²) in [6.45, 7) is 7.77. The molecule has 1 unspecified atom stereocenters. The van der Waals surface area contributed by atoms with E-state index in [2.05, 4.69) is 46.9 Å². The lowest BCUT2D eigenvalue weighted by Crippen LogP contribution is -2.33. The third kappa shape index (κ3) is 3.22. The molecule has 1 N–H and O–H groups in total. The number of nitrogens with one attached hydrogen (secondary N) is 1. The number of nitrogens with zero attached hydrogens (tertiary/aromatic N) is 3. The lowest BCUT2D eigenvalue weighted by Gasteiger charge is -2.31. The number of hydrogen-bond acceptors (Lipinski definition) is 3. The van der Waals surface area contributed by atoms with Crippen molar-refractivity contribution >= 4 is 5.95 Å². The minimum Gasteiger partial charge on any atom is -0.355 e. The Morgan fingerprint density at radius 2 is 2.35 bits per heavy atom. The van der Waals surface area contributed by atoms with Gasteiger partial charge in [-0.1, -0.05) is 13.8 Å². The highest BCUT2D eigenvalue weighted by Crippen LogP contribution is 2.23. The Morgan fingerprint density at radius 1 is 1.53 bits per heavy atom. The lowest BCUT2D eigenvalue weighted by molar-refractivity contribution is 0.213. The Labute approximate surface area is 104 Å². The number of piperidine rings is 1. The van der Waals surface area contributed by atoms with E-state index in [9.17, 15) is 0 Å². The van der Waals surface area contributed by atoms with Gasteiger partial charge in [0.2, 0.25) is 5.95 Å². The van der Waals surface area contributed by atoms with Crippen LogP contribution < -0.4 is 5.32 Å². The van der Waals surface area contributed by atoms with Gasteiger partial charge in [-0.15, -0.1) is 0 Å². The van der Waals surface area contributed by atoms with Gasteiger partial charge in [0, 0.05) is 31.5 Å². The van der Waals surface area contributed by atoms with Crippen LogP contribution >= 0.6 is 0 Å². The molecule has 4 heteroatoms. The van der Waals surface area contributed by atoms with E-state index in [4.69, 9.17) is 0 Å². The number of likely N-dealkylation sites (N-methyl/N-ethyl adjacent to an activating group) is 1. The Hall–Kier alpha value is -1.03.